The van der Waals surface area contributed by atoms with Crippen molar-refractivity contribution in [3.63, 3.8) is 0 Å². The number of carbonyl (C=O) groups excluding carboxylic acids is 2. The highest BCUT2D eigenvalue weighted by molar-refractivity contribution is 6.02. The molecule has 0 bridgehead atoms. The van der Waals surface area contributed by atoms with Crippen molar-refractivity contribution >= 4 is 17.9 Å². The van der Waals surface area contributed by atoms with Gasteiger partial charge in [0.05, 0.1) is 0 Å². The molecule has 2 unspecified atom stereocenters. The number of carbonyl (C=O) groups is 3. The summed E-state index contributed by atoms with van der Waals surface area (Å²) in [6, 6.07) is -0.709. The minimum atomic E-state index is -1.27. The third-order valence-electron chi connectivity index (χ3n) is 1.89. The van der Waals surface area contributed by atoms with Crippen molar-refractivity contribution in [1.82, 2.24) is 5.32 Å². The van der Waals surface area contributed by atoms with Crippen LogP contribution in [0.3, 0.4) is 0 Å². The molecule has 0 aromatic heterocycles. The average molecular weight is 187 g/mol. The molecule has 1 fully saturated rings. The highest BCUT2D eigenvalue weighted by Gasteiger charge is 2.40. The summed E-state index contributed by atoms with van der Waals surface area (Å²) in [7, 11) is 1.50. The molecule has 0 spiro atoms. The molecule has 1 saturated heterocycles. The first kappa shape index (κ1) is 9.66. The second kappa shape index (κ2) is 3.53. The topological polar surface area (TPSA) is 92.7 Å². The van der Waals surface area contributed by atoms with Crippen LogP contribution in [-0.2, 0) is 19.1 Å². The van der Waals surface area contributed by atoms with Crippen molar-refractivity contribution in [1.29, 1.82) is 0 Å². The molecule has 1 heterocycles. The van der Waals surface area contributed by atoms with Gasteiger partial charge in [0.2, 0.25) is 0 Å². The number of carboxylic acids is 1. The summed E-state index contributed by atoms with van der Waals surface area (Å²) in [4.78, 5) is 32.3. The molecular formula is C7H9NO5. The number of nitrogens with one attached hydrogen (secondary N) is 1. The molecule has 0 aromatic rings. The Bertz CT molecular complexity index is 262. The van der Waals surface area contributed by atoms with Crippen molar-refractivity contribution in [3.05, 3.63) is 0 Å². The van der Waals surface area contributed by atoms with E-state index in [-0.39, 0.29) is 6.42 Å². The molecule has 0 aromatic carbocycles. The van der Waals surface area contributed by atoms with Crippen LogP contribution in [0.2, 0.25) is 0 Å². The molecule has 0 saturated carbocycles. The van der Waals surface area contributed by atoms with Crippen molar-refractivity contribution in [2.45, 2.75) is 12.5 Å². The van der Waals surface area contributed by atoms with Gasteiger partial charge in [-0.2, -0.15) is 0 Å². The Labute approximate surface area is 73.9 Å². The fourth-order valence-corrected chi connectivity index (χ4v) is 1.11. The monoisotopic (exact) mass is 187 g/mol. The smallest absolute Gasteiger partial charge is 0.330 e. The van der Waals surface area contributed by atoms with E-state index in [1.54, 1.807) is 0 Å². The van der Waals surface area contributed by atoms with E-state index >= 15 is 0 Å². The Morgan fingerprint density at radius 2 is 2.15 bits per heavy atom. The normalized spacial score (nSPS) is 28.4. The predicted molar refractivity (Wildman–Crippen MR) is 39.7 cm³/mol. The minimum Gasteiger partial charge on any atom is -0.481 e. The Hall–Kier alpha value is -1.43. The van der Waals surface area contributed by atoms with Crippen LogP contribution < -0.4 is 5.32 Å². The number of hydrogen-bond acceptors (Lipinski definition) is 5. The van der Waals surface area contributed by atoms with Crippen LogP contribution >= 0.6 is 0 Å². The fourth-order valence-electron chi connectivity index (χ4n) is 1.11. The van der Waals surface area contributed by atoms with Gasteiger partial charge < -0.3 is 15.2 Å². The lowest BCUT2D eigenvalue weighted by atomic mass is 9.98. The van der Waals surface area contributed by atoms with Crippen molar-refractivity contribution in [2.75, 3.05) is 7.05 Å². The van der Waals surface area contributed by atoms with E-state index in [2.05, 4.69) is 10.1 Å². The average Bonchev–Trinajstić information content (AvgIpc) is 2.03. The van der Waals surface area contributed by atoms with Crippen LogP contribution in [0, 0.1) is 5.92 Å². The summed E-state index contributed by atoms with van der Waals surface area (Å²) >= 11 is 0. The zero-order chi connectivity index (χ0) is 10.0. The van der Waals surface area contributed by atoms with Crippen LogP contribution in [-0.4, -0.2) is 36.1 Å². The largest absolute Gasteiger partial charge is 0.481 e. The van der Waals surface area contributed by atoms with Gasteiger partial charge in [0.25, 0.3) is 0 Å². The molecule has 0 amide bonds. The molecule has 13 heavy (non-hydrogen) atoms. The second-order valence-corrected chi connectivity index (χ2v) is 2.71. The summed E-state index contributed by atoms with van der Waals surface area (Å²) in [5, 5.41) is 11.1. The molecule has 72 valence electrons. The van der Waals surface area contributed by atoms with E-state index < -0.39 is 29.9 Å². The predicted octanol–water partition coefficient (Wildman–Crippen LogP) is -1.25. The Morgan fingerprint density at radius 3 is 2.62 bits per heavy atom. The van der Waals surface area contributed by atoms with Gasteiger partial charge in [0.15, 0.2) is 5.92 Å². The third-order valence-corrected chi connectivity index (χ3v) is 1.89. The number of aliphatic carboxylic acids is 1. The second-order valence-electron chi connectivity index (χ2n) is 2.71. The molecular weight excluding hydrogens is 178 g/mol. The van der Waals surface area contributed by atoms with Crippen molar-refractivity contribution in [2.24, 2.45) is 5.92 Å². The minimum absolute atomic E-state index is 0.0521. The van der Waals surface area contributed by atoms with Crippen LogP contribution in [0.15, 0.2) is 0 Å². The highest BCUT2D eigenvalue weighted by Crippen LogP contribution is 2.16. The summed E-state index contributed by atoms with van der Waals surface area (Å²) in [6.07, 6.45) is -0.0521. The molecule has 1 aliphatic heterocycles. The van der Waals surface area contributed by atoms with E-state index in [1.807, 2.05) is 0 Å². The summed E-state index contributed by atoms with van der Waals surface area (Å²) in [5.41, 5.74) is 0. The molecule has 6 heteroatoms. The zero-order valence-corrected chi connectivity index (χ0v) is 6.94. The van der Waals surface area contributed by atoms with Gasteiger partial charge in [0.1, 0.15) is 6.04 Å². The van der Waals surface area contributed by atoms with Gasteiger partial charge in [-0.15, -0.1) is 0 Å². The molecule has 2 atom stereocenters. The van der Waals surface area contributed by atoms with Crippen molar-refractivity contribution < 1.29 is 24.2 Å². The van der Waals surface area contributed by atoms with E-state index in [0.717, 1.165) is 0 Å². The van der Waals surface area contributed by atoms with Crippen LogP contribution in [0.1, 0.15) is 6.42 Å². The van der Waals surface area contributed by atoms with Gasteiger partial charge in [-0.25, -0.2) is 4.79 Å². The number of rotatable bonds is 2. The number of likely N-dealkylation sites (N-methyl/N-ethyl adjacent to an activating group) is 1. The quantitative estimate of drug-likeness (QED) is 0.414. The number of hydrogen-bond donors (Lipinski definition) is 2. The molecule has 6 nitrogen and oxygen atoms in total. The lowest BCUT2D eigenvalue weighted by Crippen LogP contribution is -2.47. The molecule has 0 aliphatic carbocycles. The lowest BCUT2D eigenvalue weighted by Gasteiger charge is -2.23. The maximum atomic E-state index is 10.9. The highest BCUT2D eigenvalue weighted by atomic mass is 16.6. The van der Waals surface area contributed by atoms with Crippen LogP contribution in [0.4, 0.5) is 0 Å². The molecule has 1 rings (SSSR count). The lowest BCUT2D eigenvalue weighted by molar-refractivity contribution is -0.173. The van der Waals surface area contributed by atoms with Crippen LogP contribution in [0.25, 0.3) is 0 Å². The van der Waals surface area contributed by atoms with Gasteiger partial charge in [-0.3, -0.25) is 9.59 Å². The summed E-state index contributed by atoms with van der Waals surface area (Å²) in [5.74, 6) is -4.21. The first-order valence-corrected chi connectivity index (χ1v) is 3.72. The standard InChI is InChI=1S/C7H9NO5/c1-8-4-2-3(5(9)10)6(11)13-7(4)12/h3-4,8H,2H2,1H3,(H,9,10). The van der Waals surface area contributed by atoms with Gasteiger partial charge in [-0.1, -0.05) is 0 Å². The third kappa shape index (κ3) is 1.83. The maximum Gasteiger partial charge on any atom is 0.330 e. The van der Waals surface area contributed by atoms with E-state index in [4.69, 9.17) is 5.11 Å². The van der Waals surface area contributed by atoms with Crippen LogP contribution in [0.5, 0.6) is 0 Å². The summed E-state index contributed by atoms with van der Waals surface area (Å²) in [6.45, 7) is 0. The molecule has 0 radical (unpaired) electrons. The number of carboxylic acid groups (broad SMARTS) is 1. The Kier molecular flexibility index (Phi) is 2.62. The Balaban J connectivity index is 2.75. The molecule has 1 aliphatic rings. The first-order valence-electron chi connectivity index (χ1n) is 3.72. The Morgan fingerprint density at radius 1 is 1.54 bits per heavy atom. The SMILES string of the molecule is CNC1CC(C(=O)O)C(=O)OC1=O. The van der Waals surface area contributed by atoms with Crippen molar-refractivity contribution in [3.8, 4) is 0 Å². The number of cyclic esters (lactones) is 2. The van der Waals surface area contributed by atoms with Gasteiger partial charge in [-0.05, 0) is 13.5 Å². The molecule has 2 N–H and O–H groups in total. The number of ether oxygens (including phenoxy) is 1. The first-order chi connectivity index (χ1) is 6.06. The fraction of sp³-hybridized carbons (Fsp3) is 0.571. The van der Waals surface area contributed by atoms with E-state index in [0.29, 0.717) is 0 Å². The summed E-state index contributed by atoms with van der Waals surface area (Å²) < 4.78 is 4.24. The zero-order valence-electron chi connectivity index (χ0n) is 6.94. The number of esters is 2. The van der Waals surface area contributed by atoms with E-state index in [1.165, 1.54) is 7.05 Å². The van der Waals surface area contributed by atoms with Gasteiger partial charge in [0, 0.05) is 0 Å². The van der Waals surface area contributed by atoms with Gasteiger partial charge >= 0.3 is 17.9 Å². The maximum absolute atomic E-state index is 10.9. The van der Waals surface area contributed by atoms with E-state index in [9.17, 15) is 14.4 Å².